The lowest BCUT2D eigenvalue weighted by Gasteiger charge is -2.09. The molecule has 0 spiro atoms. The van der Waals surface area contributed by atoms with Gasteiger partial charge in [0.2, 0.25) is 0 Å². The smallest absolute Gasteiger partial charge is 0.0960 e. The molecule has 2 rings (SSSR count). The summed E-state index contributed by atoms with van der Waals surface area (Å²) in [6, 6.07) is 8.84. The van der Waals surface area contributed by atoms with E-state index in [1.165, 1.54) is 27.1 Å². The van der Waals surface area contributed by atoms with Crippen LogP contribution < -0.4 is 0 Å². The van der Waals surface area contributed by atoms with E-state index in [4.69, 9.17) is 11.6 Å². The number of aryl methyl sites for hydroxylation is 3. The molecule has 0 amide bonds. The standard InChI is InChI=1S/C15H16BrClS/c1-9-4-5-12(6-10(9)2)8-13(16)14-7-11(3)15(17)18-14/h4-7,13H,8H2,1-3H3. The molecule has 1 unspecified atom stereocenters. The van der Waals surface area contributed by atoms with E-state index in [9.17, 15) is 0 Å². The molecule has 1 aromatic heterocycles. The quantitative estimate of drug-likeness (QED) is 0.599. The third-order valence-electron chi connectivity index (χ3n) is 3.17. The van der Waals surface area contributed by atoms with Gasteiger partial charge in [0.15, 0.2) is 0 Å². The molecule has 1 aromatic carbocycles. The number of alkyl halides is 1. The van der Waals surface area contributed by atoms with Crippen LogP contribution in [0.15, 0.2) is 24.3 Å². The molecule has 96 valence electrons. The number of benzene rings is 1. The Hall–Kier alpha value is -0.310. The van der Waals surface area contributed by atoms with E-state index >= 15 is 0 Å². The van der Waals surface area contributed by atoms with Gasteiger partial charge >= 0.3 is 0 Å². The van der Waals surface area contributed by atoms with Gasteiger partial charge in [0.1, 0.15) is 0 Å². The molecular weight excluding hydrogens is 328 g/mol. The van der Waals surface area contributed by atoms with E-state index in [-0.39, 0.29) is 0 Å². The Morgan fingerprint density at radius 2 is 1.83 bits per heavy atom. The first kappa shape index (κ1) is 14.1. The average Bonchev–Trinajstić information content (AvgIpc) is 2.65. The van der Waals surface area contributed by atoms with Crippen molar-refractivity contribution in [2.45, 2.75) is 32.0 Å². The average molecular weight is 344 g/mol. The second-order valence-corrected chi connectivity index (χ2v) is 7.49. The van der Waals surface area contributed by atoms with Gasteiger partial charge in [-0.25, -0.2) is 0 Å². The van der Waals surface area contributed by atoms with E-state index in [0.29, 0.717) is 4.83 Å². The molecule has 3 heteroatoms. The third-order valence-corrected chi connectivity index (χ3v) is 5.96. The number of rotatable bonds is 3. The fourth-order valence-electron chi connectivity index (χ4n) is 1.88. The maximum atomic E-state index is 6.12. The zero-order valence-electron chi connectivity index (χ0n) is 10.8. The predicted molar refractivity (Wildman–Crippen MR) is 85.4 cm³/mol. The van der Waals surface area contributed by atoms with Gasteiger partial charge in [-0.05, 0) is 55.5 Å². The number of hydrogen-bond acceptors (Lipinski definition) is 1. The van der Waals surface area contributed by atoms with Crippen molar-refractivity contribution in [2.75, 3.05) is 0 Å². The van der Waals surface area contributed by atoms with Gasteiger partial charge in [-0.2, -0.15) is 0 Å². The van der Waals surface area contributed by atoms with E-state index in [1.54, 1.807) is 11.3 Å². The van der Waals surface area contributed by atoms with Gasteiger partial charge in [0.25, 0.3) is 0 Å². The molecular formula is C15H16BrClS. The minimum atomic E-state index is 0.343. The van der Waals surface area contributed by atoms with Crippen LogP contribution in [0.1, 0.15) is 32.0 Å². The Kier molecular flexibility index (Phi) is 4.52. The summed E-state index contributed by atoms with van der Waals surface area (Å²) >= 11 is 11.6. The molecule has 0 aliphatic carbocycles. The molecule has 18 heavy (non-hydrogen) atoms. The summed E-state index contributed by atoms with van der Waals surface area (Å²) in [5.74, 6) is 0. The van der Waals surface area contributed by atoms with Gasteiger partial charge in [-0.3, -0.25) is 0 Å². The van der Waals surface area contributed by atoms with Crippen LogP contribution in [0.3, 0.4) is 0 Å². The Morgan fingerprint density at radius 1 is 1.11 bits per heavy atom. The molecule has 0 bridgehead atoms. The monoisotopic (exact) mass is 342 g/mol. The van der Waals surface area contributed by atoms with Crippen molar-refractivity contribution in [1.82, 2.24) is 0 Å². The summed E-state index contributed by atoms with van der Waals surface area (Å²) in [5.41, 5.74) is 5.23. The maximum absolute atomic E-state index is 6.12. The van der Waals surface area contributed by atoms with Crippen molar-refractivity contribution in [2.24, 2.45) is 0 Å². The van der Waals surface area contributed by atoms with Crippen molar-refractivity contribution < 1.29 is 0 Å². The Labute approximate surface area is 126 Å². The summed E-state index contributed by atoms with van der Waals surface area (Å²) in [6.45, 7) is 6.36. The zero-order valence-corrected chi connectivity index (χ0v) is 13.9. The minimum absolute atomic E-state index is 0.343. The van der Waals surface area contributed by atoms with Crippen LogP contribution in [0.25, 0.3) is 0 Å². The van der Waals surface area contributed by atoms with Crippen LogP contribution in [0.2, 0.25) is 4.34 Å². The highest BCUT2D eigenvalue weighted by Crippen LogP contribution is 2.36. The lowest BCUT2D eigenvalue weighted by molar-refractivity contribution is 0.964. The van der Waals surface area contributed by atoms with E-state index < -0.39 is 0 Å². The number of hydrogen-bond donors (Lipinski definition) is 0. The predicted octanol–water partition coefficient (Wildman–Crippen LogP) is 6.01. The third kappa shape index (κ3) is 3.17. The number of thiophene rings is 1. The topological polar surface area (TPSA) is 0 Å². The molecule has 0 nitrogen and oxygen atoms in total. The van der Waals surface area contributed by atoms with E-state index in [2.05, 4.69) is 61.0 Å². The summed E-state index contributed by atoms with van der Waals surface area (Å²) in [4.78, 5) is 1.64. The van der Waals surface area contributed by atoms with Crippen molar-refractivity contribution in [3.63, 3.8) is 0 Å². The zero-order chi connectivity index (χ0) is 13.3. The minimum Gasteiger partial charge on any atom is -0.127 e. The molecule has 0 aliphatic heterocycles. The van der Waals surface area contributed by atoms with Crippen LogP contribution in [-0.2, 0) is 6.42 Å². The second kappa shape index (κ2) is 5.77. The lowest BCUT2D eigenvalue weighted by atomic mass is 10.0. The Balaban J connectivity index is 2.15. The highest BCUT2D eigenvalue weighted by Gasteiger charge is 2.13. The summed E-state index contributed by atoms with van der Waals surface area (Å²) in [6.07, 6.45) is 0.997. The molecule has 0 aliphatic rings. The van der Waals surface area contributed by atoms with Gasteiger partial charge in [0, 0.05) is 4.88 Å². The van der Waals surface area contributed by atoms with Crippen LogP contribution in [0.4, 0.5) is 0 Å². The molecule has 1 heterocycles. The summed E-state index contributed by atoms with van der Waals surface area (Å²) in [5, 5.41) is 0. The van der Waals surface area contributed by atoms with Crippen LogP contribution >= 0.6 is 38.9 Å². The fourth-order valence-corrected chi connectivity index (χ4v) is 3.86. The largest absolute Gasteiger partial charge is 0.127 e. The molecule has 0 N–H and O–H groups in total. The molecule has 1 atom stereocenters. The Morgan fingerprint density at radius 3 is 2.39 bits per heavy atom. The van der Waals surface area contributed by atoms with Crippen LogP contribution in [0.5, 0.6) is 0 Å². The first-order chi connectivity index (χ1) is 8.47. The van der Waals surface area contributed by atoms with Crippen molar-refractivity contribution >= 4 is 38.9 Å². The second-order valence-electron chi connectivity index (χ2n) is 4.70. The van der Waals surface area contributed by atoms with E-state index in [1.807, 2.05) is 0 Å². The van der Waals surface area contributed by atoms with Crippen molar-refractivity contribution in [1.29, 1.82) is 0 Å². The molecule has 0 radical (unpaired) electrons. The normalized spacial score (nSPS) is 12.7. The first-order valence-corrected chi connectivity index (χ1v) is 8.04. The number of halogens is 2. The van der Waals surface area contributed by atoms with Gasteiger partial charge in [-0.1, -0.05) is 45.7 Å². The molecule has 0 saturated heterocycles. The maximum Gasteiger partial charge on any atom is 0.0960 e. The lowest BCUT2D eigenvalue weighted by Crippen LogP contribution is -1.94. The molecule has 2 aromatic rings. The summed E-state index contributed by atoms with van der Waals surface area (Å²) in [7, 11) is 0. The van der Waals surface area contributed by atoms with Crippen LogP contribution in [-0.4, -0.2) is 0 Å². The Bertz CT molecular complexity index is 540. The van der Waals surface area contributed by atoms with Crippen LogP contribution in [0, 0.1) is 20.8 Å². The van der Waals surface area contributed by atoms with Gasteiger partial charge in [0.05, 0.1) is 9.16 Å². The fraction of sp³-hybridized carbons (Fsp3) is 0.333. The first-order valence-electron chi connectivity index (χ1n) is 5.93. The van der Waals surface area contributed by atoms with E-state index in [0.717, 1.165) is 10.8 Å². The highest BCUT2D eigenvalue weighted by atomic mass is 79.9. The van der Waals surface area contributed by atoms with Crippen molar-refractivity contribution in [3.05, 3.63) is 55.7 Å². The summed E-state index contributed by atoms with van der Waals surface area (Å²) < 4.78 is 0.898. The molecule has 0 saturated carbocycles. The highest BCUT2D eigenvalue weighted by molar-refractivity contribution is 9.09. The van der Waals surface area contributed by atoms with Gasteiger partial charge in [-0.15, -0.1) is 11.3 Å². The molecule has 0 fully saturated rings. The van der Waals surface area contributed by atoms with Crippen molar-refractivity contribution in [3.8, 4) is 0 Å². The SMILES string of the molecule is Cc1ccc(CC(Br)c2cc(C)c(Cl)s2)cc1C. The van der Waals surface area contributed by atoms with Gasteiger partial charge < -0.3 is 0 Å².